The summed E-state index contributed by atoms with van der Waals surface area (Å²) in [5.41, 5.74) is 5.32. The number of hydrazine groups is 1. The van der Waals surface area contributed by atoms with E-state index < -0.39 is 36.5 Å². The molecule has 9 nitrogen and oxygen atoms in total. The van der Waals surface area contributed by atoms with Crippen LogP contribution in [-0.2, 0) is 14.3 Å². The Balaban J connectivity index is 1.79. The fraction of sp³-hybridized carbons (Fsp3) is 0.238. The number of hydrogen-bond donors (Lipinski definition) is 4. The number of anilines is 1. The fourth-order valence-electron chi connectivity index (χ4n) is 2.38. The first-order valence-electron chi connectivity index (χ1n) is 9.30. The van der Waals surface area contributed by atoms with Gasteiger partial charge < -0.3 is 15.4 Å². The van der Waals surface area contributed by atoms with Gasteiger partial charge in [-0.3, -0.25) is 20.4 Å². The first-order chi connectivity index (χ1) is 14.4. The van der Waals surface area contributed by atoms with Crippen LogP contribution in [0.1, 0.15) is 24.2 Å². The van der Waals surface area contributed by atoms with Crippen molar-refractivity contribution in [3.8, 4) is 0 Å². The molecule has 0 aliphatic heterocycles. The van der Waals surface area contributed by atoms with E-state index in [2.05, 4.69) is 21.5 Å². The summed E-state index contributed by atoms with van der Waals surface area (Å²) in [6, 6.07) is 15.5. The third-order valence-electron chi connectivity index (χ3n) is 3.94. The largest absolute Gasteiger partial charge is 0.454 e. The molecule has 9 heteroatoms. The smallest absolute Gasteiger partial charge is 0.329 e. The van der Waals surface area contributed by atoms with Gasteiger partial charge in [-0.1, -0.05) is 50.2 Å². The lowest BCUT2D eigenvalue weighted by molar-refractivity contribution is -0.151. The van der Waals surface area contributed by atoms with Gasteiger partial charge in [0.1, 0.15) is 6.04 Å². The van der Waals surface area contributed by atoms with Crippen molar-refractivity contribution in [2.24, 2.45) is 5.92 Å². The molecule has 0 aliphatic rings. The average molecular weight is 412 g/mol. The second kappa shape index (κ2) is 11.2. The molecule has 0 heterocycles. The van der Waals surface area contributed by atoms with Crippen LogP contribution < -0.4 is 21.5 Å². The molecule has 0 aromatic heterocycles. The predicted molar refractivity (Wildman–Crippen MR) is 110 cm³/mol. The number of para-hydroxylation sites is 1. The van der Waals surface area contributed by atoms with Crippen LogP contribution >= 0.6 is 0 Å². The Morgan fingerprint density at radius 2 is 1.47 bits per heavy atom. The van der Waals surface area contributed by atoms with E-state index in [9.17, 15) is 19.2 Å². The maximum Gasteiger partial charge on any atom is 0.329 e. The van der Waals surface area contributed by atoms with Crippen LogP contribution in [0.4, 0.5) is 10.5 Å². The number of carbonyl (C=O) groups excluding carboxylic acids is 4. The van der Waals surface area contributed by atoms with Crippen molar-refractivity contribution in [2.75, 3.05) is 11.9 Å². The van der Waals surface area contributed by atoms with Gasteiger partial charge in [-0.05, 0) is 30.2 Å². The molecule has 0 spiro atoms. The summed E-state index contributed by atoms with van der Waals surface area (Å²) in [7, 11) is 0. The van der Waals surface area contributed by atoms with E-state index >= 15 is 0 Å². The molecule has 2 rings (SSSR count). The van der Waals surface area contributed by atoms with Gasteiger partial charge in [0.25, 0.3) is 11.8 Å². The van der Waals surface area contributed by atoms with Crippen LogP contribution in [0.15, 0.2) is 60.7 Å². The number of nitrogens with one attached hydrogen (secondary N) is 4. The van der Waals surface area contributed by atoms with Crippen molar-refractivity contribution in [2.45, 2.75) is 19.9 Å². The normalized spacial score (nSPS) is 11.2. The number of ether oxygens (including phenoxy) is 1. The zero-order valence-electron chi connectivity index (χ0n) is 16.7. The molecule has 0 saturated carbocycles. The number of benzene rings is 2. The van der Waals surface area contributed by atoms with Crippen molar-refractivity contribution in [1.29, 1.82) is 0 Å². The topological polar surface area (TPSA) is 126 Å². The van der Waals surface area contributed by atoms with Gasteiger partial charge in [-0.25, -0.2) is 9.59 Å². The van der Waals surface area contributed by atoms with Gasteiger partial charge >= 0.3 is 12.0 Å². The SMILES string of the molecule is CC(C)[C@H](NC(=O)Nc1ccccc1)C(=O)OCC(=O)NNC(=O)c1ccccc1. The van der Waals surface area contributed by atoms with E-state index in [1.807, 2.05) is 6.07 Å². The summed E-state index contributed by atoms with van der Waals surface area (Å²) < 4.78 is 4.97. The number of urea groups is 1. The zero-order valence-corrected chi connectivity index (χ0v) is 16.7. The molecule has 0 radical (unpaired) electrons. The van der Waals surface area contributed by atoms with Gasteiger partial charge in [-0.15, -0.1) is 0 Å². The molecule has 0 fully saturated rings. The standard InChI is InChI=1S/C21H24N4O5/c1-14(2)18(23-21(29)22-16-11-7-4-8-12-16)20(28)30-13-17(26)24-25-19(27)15-9-5-3-6-10-15/h3-12,14,18H,13H2,1-2H3,(H,24,26)(H,25,27)(H2,22,23,29)/t18-/m0/s1. The van der Waals surface area contributed by atoms with E-state index in [0.29, 0.717) is 11.3 Å². The van der Waals surface area contributed by atoms with Gasteiger partial charge in [0.15, 0.2) is 6.61 Å². The highest BCUT2D eigenvalue weighted by Crippen LogP contribution is 2.07. The Hall–Kier alpha value is -3.88. The summed E-state index contributed by atoms with van der Waals surface area (Å²) in [6.07, 6.45) is 0. The molecule has 4 N–H and O–H groups in total. The van der Waals surface area contributed by atoms with Crippen LogP contribution in [0.2, 0.25) is 0 Å². The Bertz CT molecular complexity index is 871. The van der Waals surface area contributed by atoms with Gasteiger partial charge in [0, 0.05) is 11.3 Å². The molecule has 2 aromatic carbocycles. The first kappa shape index (κ1) is 22.4. The van der Waals surface area contributed by atoms with Crippen molar-refractivity contribution < 1.29 is 23.9 Å². The molecule has 30 heavy (non-hydrogen) atoms. The second-order valence-electron chi connectivity index (χ2n) is 6.66. The van der Waals surface area contributed by atoms with E-state index in [0.717, 1.165) is 0 Å². The first-order valence-corrected chi connectivity index (χ1v) is 9.30. The Morgan fingerprint density at radius 3 is 2.07 bits per heavy atom. The lowest BCUT2D eigenvalue weighted by atomic mass is 10.1. The highest BCUT2D eigenvalue weighted by molar-refractivity contribution is 5.96. The van der Waals surface area contributed by atoms with Gasteiger partial charge in [-0.2, -0.15) is 0 Å². The maximum atomic E-state index is 12.3. The minimum Gasteiger partial charge on any atom is -0.454 e. The minimum absolute atomic E-state index is 0.278. The minimum atomic E-state index is -0.958. The third kappa shape index (κ3) is 7.27. The highest BCUT2D eigenvalue weighted by Gasteiger charge is 2.26. The van der Waals surface area contributed by atoms with E-state index in [1.54, 1.807) is 68.4 Å². The van der Waals surface area contributed by atoms with Crippen LogP contribution in [-0.4, -0.2) is 36.5 Å². The Morgan fingerprint density at radius 1 is 0.867 bits per heavy atom. The summed E-state index contributed by atoms with van der Waals surface area (Å²) in [6.45, 7) is 2.85. The molecule has 158 valence electrons. The van der Waals surface area contributed by atoms with Crippen LogP contribution in [0.5, 0.6) is 0 Å². The van der Waals surface area contributed by atoms with Crippen molar-refractivity contribution in [1.82, 2.24) is 16.2 Å². The lowest BCUT2D eigenvalue weighted by Crippen LogP contribution is -2.48. The Kier molecular flexibility index (Phi) is 8.37. The number of esters is 1. The van der Waals surface area contributed by atoms with Gasteiger partial charge in [0.2, 0.25) is 0 Å². The number of rotatable bonds is 7. The predicted octanol–water partition coefficient (Wildman–Crippen LogP) is 1.84. The van der Waals surface area contributed by atoms with Crippen molar-refractivity contribution >= 4 is 29.5 Å². The van der Waals surface area contributed by atoms with Crippen molar-refractivity contribution in [3.63, 3.8) is 0 Å². The third-order valence-corrected chi connectivity index (χ3v) is 3.94. The van der Waals surface area contributed by atoms with Crippen LogP contribution in [0.3, 0.4) is 0 Å². The fourth-order valence-corrected chi connectivity index (χ4v) is 2.38. The number of amides is 4. The van der Waals surface area contributed by atoms with Crippen LogP contribution in [0.25, 0.3) is 0 Å². The molecule has 0 unspecified atom stereocenters. The van der Waals surface area contributed by atoms with E-state index in [-0.39, 0.29) is 5.92 Å². The molecular formula is C21H24N4O5. The summed E-state index contributed by atoms with van der Waals surface area (Å²) in [4.78, 5) is 48.1. The molecule has 0 saturated heterocycles. The summed E-state index contributed by atoms with van der Waals surface area (Å²) in [5, 5.41) is 5.14. The average Bonchev–Trinajstić information content (AvgIpc) is 2.75. The maximum absolute atomic E-state index is 12.3. The zero-order chi connectivity index (χ0) is 21.9. The lowest BCUT2D eigenvalue weighted by Gasteiger charge is -2.21. The monoisotopic (exact) mass is 412 g/mol. The van der Waals surface area contributed by atoms with E-state index in [1.165, 1.54) is 0 Å². The van der Waals surface area contributed by atoms with Crippen LogP contribution in [0, 0.1) is 5.92 Å². The summed E-state index contributed by atoms with van der Waals surface area (Å²) >= 11 is 0. The molecule has 0 bridgehead atoms. The number of carbonyl (C=O) groups is 4. The van der Waals surface area contributed by atoms with Crippen molar-refractivity contribution in [3.05, 3.63) is 66.2 Å². The molecule has 2 aromatic rings. The summed E-state index contributed by atoms with van der Waals surface area (Å²) in [5.74, 6) is -2.27. The quantitative estimate of drug-likeness (QED) is 0.408. The Labute approximate surface area is 174 Å². The molecule has 4 amide bonds. The second-order valence-corrected chi connectivity index (χ2v) is 6.66. The van der Waals surface area contributed by atoms with E-state index in [4.69, 9.17) is 4.74 Å². The van der Waals surface area contributed by atoms with Gasteiger partial charge in [0.05, 0.1) is 0 Å². The number of hydrogen-bond acceptors (Lipinski definition) is 5. The molecular weight excluding hydrogens is 388 g/mol. The molecule has 1 atom stereocenters. The molecule has 0 aliphatic carbocycles. The highest BCUT2D eigenvalue weighted by atomic mass is 16.5.